The van der Waals surface area contributed by atoms with Gasteiger partial charge in [0, 0.05) is 51.4 Å². The van der Waals surface area contributed by atoms with Crippen LogP contribution in [-0.2, 0) is 11.3 Å². The lowest BCUT2D eigenvalue weighted by molar-refractivity contribution is 0.0299. The number of rotatable bonds is 5. The van der Waals surface area contributed by atoms with Crippen LogP contribution in [-0.4, -0.2) is 89.6 Å². The first-order valence-corrected chi connectivity index (χ1v) is 10.5. The number of likely N-dealkylation sites (N-methyl/N-ethyl adjacent to an activating group) is 1. The third-order valence-corrected chi connectivity index (χ3v) is 5.69. The van der Waals surface area contributed by atoms with E-state index in [1.165, 1.54) is 5.56 Å². The molecule has 0 spiro atoms. The van der Waals surface area contributed by atoms with Gasteiger partial charge < -0.3 is 14.5 Å². The topological polar surface area (TPSA) is 61.8 Å². The summed E-state index contributed by atoms with van der Waals surface area (Å²) in [5.74, 6) is -0.0763. The molecule has 2 fully saturated rings. The summed E-state index contributed by atoms with van der Waals surface area (Å²) in [6, 6.07) is 8.42. The van der Waals surface area contributed by atoms with E-state index in [1.54, 1.807) is 17.3 Å². The summed E-state index contributed by atoms with van der Waals surface area (Å²) in [6.07, 6.45) is 3.29. The van der Waals surface area contributed by atoms with Gasteiger partial charge in [-0.25, -0.2) is 4.98 Å². The molecule has 0 bridgehead atoms. The fourth-order valence-corrected chi connectivity index (χ4v) is 3.89. The first kappa shape index (κ1) is 19.9. The smallest absolute Gasteiger partial charge is 0.274 e. The van der Waals surface area contributed by atoms with Crippen molar-refractivity contribution in [2.75, 3.05) is 59.0 Å². The quantitative estimate of drug-likeness (QED) is 0.769. The molecule has 0 atom stereocenters. The van der Waals surface area contributed by atoms with Crippen LogP contribution in [0, 0.1) is 0 Å². The van der Waals surface area contributed by atoms with Crippen LogP contribution in [0.3, 0.4) is 0 Å². The predicted octanol–water partition coefficient (Wildman–Crippen LogP) is 1.75. The van der Waals surface area contributed by atoms with Crippen molar-refractivity contribution < 1.29 is 9.53 Å². The number of hydrogen-bond acceptors (Lipinski definition) is 6. The molecule has 4 rings (SSSR count). The molecular formula is C22H29N5O2. The van der Waals surface area contributed by atoms with E-state index in [9.17, 15) is 4.79 Å². The number of benzene rings is 1. The zero-order valence-electron chi connectivity index (χ0n) is 17.1. The average molecular weight is 396 g/mol. The lowest BCUT2D eigenvalue weighted by atomic mass is 10.1. The fraction of sp³-hybridized carbons (Fsp3) is 0.500. The number of amides is 1. The zero-order chi connectivity index (χ0) is 20.1. The van der Waals surface area contributed by atoms with Crippen LogP contribution in [0.5, 0.6) is 0 Å². The summed E-state index contributed by atoms with van der Waals surface area (Å²) in [5.41, 5.74) is 3.39. The fourth-order valence-electron chi connectivity index (χ4n) is 3.89. The highest BCUT2D eigenvalue weighted by molar-refractivity contribution is 5.92. The van der Waals surface area contributed by atoms with Gasteiger partial charge in [0.25, 0.3) is 5.91 Å². The third kappa shape index (κ3) is 4.98. The number of carbonyl (C=O) groups is 1. The molecule has 0 radical (unpaired) electrons. The van der Waals surface area contributed by atoms with E-state index >= 15 is 0 Å². The zero-order valence-corrected chi connectivity index (χ0v) is 17.1. The molecule has 1 aromatic carbocycles. The molecule has 0 N–H and O–H groups in total. The Morgan fingerprint density at radius 2 is 1.79 bits per heavy atom. The number of hydrogen-bond donors (Lipinski definition) is 0. The van der Waals surface area contributed by atoms with Crippen molar-refractivity contribution in [3.8, 4) is 11.3 Å². The second-order valence-electron chi connectivity index (χ2n) is 7.60. The maximum absolute atomic E-state index is 12.7. The molecule has 0 unspecified atom stereocenters. The van der Waals surface area contributed by atoms with Crippen molar-refractivity contribution in [1.29, 1.82) is 0 Å². The van der Waals surface area contributed by atoms with Crippen molar-refractivity contribution in [3.63, 3.8) is 0 Å². The van der Waals surface area contributed by atoms with Crippen LogP contribution in [0.25, 0.3) is 11.3 Å². The maximum Gasteiger partial charge on any atom is 0.274 e. The normalized spacial score (nSPS) is 18.7. The minimum Gasteiger partial charge on any atom is -0.378 e. The monoisotopic (exact) mass is 395 g/mol. The Hall–Kier alpha value is -2.35. The standard InChI is InChI=1S/C22H29N5O2/c1-2-25-6-8-26(9-7-25)17-18-4-3-5-19(14-18)20-15-23-16-21(24-20)22(28)27-10-12-29-13-11-27/h3-5,14-16H,2,6-13,17H2,1H3. The van der Waals surface area contributed by atoms with Crippen LogP contribution in [0.2, 0.25) is 0 Å². The molecule has 0 saturated carbocycles. The van der Waals surface area contributed by atoms with Gasteiger partial charge in [0.05, 0.1) is 31.3 Å². The van der Waals surface area contributed by atoms with E-state index in [0.29, 0.717) is 32.0 Å². The Kier molecular flexibility index (Phi) is 6.49. The van der Waals surface area contributed by atoms with E-state index in [2.05, 4.69) is 44.9 Å². The minimum atomic E-state index is -0.0763. The van der Waals surface area contributed by atoms with E-state index in [4.69, 9.17) is 4.74 Å². The first-order valence-electron chi connectivity index (χ1n) is 10.5. The maximum atomic E-state index is 12.7. The molecule has 2 saturated heterocycles. The molecule has 154 valence electrons. The summed E-state index contributed by atoms with van der Waals surface area (Å²) in [4.78, 5) is 28.4. The molecule has 3 heterocycles. The molecule has 1 amide bonds. The van der Waals surface area contributed by atoms with Crippen LogP contribution in [0.4, 0.5) is 0 Å². The SMILES string of the molecule is CCN1CCN(Cc2cccc(-c3cncc(C(=O)N4CCOCC4)n3)c2)CC1. The molecule has 2 aromatic rings. The van der Waals surface area contributed by atoms with E-state index < -0.39 is 0 Å². The summed E-state index contributed by atoms with van der Waals surface area (Å²) in [6.45, 7) is 11.1. The van der Waals surface area contributed by atoms with Gasteiger partial charge in [-0.15, -0.1) is 0 Å². The highest BCUT2D eigenvalue weighted by Crippen LogP contribution is 2.20. The lowest BCUT2D eigenvalue weighted by Gasteiger charge is -2.34. The van der Waals surface area contributed by atoms with E-state index in [-0.39, 0.29) is 5.91 Å². The first-order chi connectivity index (χ1) is 14.2. The number of nitrogens with zero attached hydrogens (tertiary/aromatic N) is 5. The van der Waals surface area contributed by atoms with Crippen LogP contribution < -0.4 is 0 Å². The predicted molar refractivity (Wildman–Crippen MR) is 112 cm³/mol. The van der Waals surface area contributed by atoms with Gasteiger partial charge in [0.2, 0.25) is 0 Å². The summed E-state index contributed by atoms with van der Waals surface area (Å²) < 4.78 is 5.33. The molecule has 1 aromatic heterocycles. The van der Waals surface area contributed by atoms with Gasteiger partial charge in [-0.2, -0.15) is 0 Å². The number of morpholine rings is 1. The Balaban J connectivity index is 1.46. The van der Waals surface area contributed by atoms with Crippen molar-refractivity contribution >= 4 is 5.91 Å². The molecule has 0 aliphatic carbocycles. The number of ether oxygens (including phenoxy) is 1. The van der Waals surface area contributed by atoms with Crippen molar-refractivity contribution in [2.24, 2.45) is 0 Å². The summed E-state index contributed by atoms with van der Waals surface area (Å²) in [7, 11) is 0. The van der Waals surface area contributed by atoms with Crippen LogP contribution in [0.1, 0.15) is 23.0 Å². The van der Waals surface area contributed by atoms with Crippen molar-refractivity contribution in [3.05, 3.63) is 47.9 Å². The highest BCUT2D eigenvalue weighted by Gasteiger charge is 2.20. The molecule has 29 heavy (non-hydrogen) atoms. The Morgan fingerprint density at radius 1 is 1.03 bits per heavy atom. The van der Waals surface area contributed by atoms with Gasteiger partial charge in [0.1, 0.15) is 5.69 Å². The number of carbonyl (C=O) groups excluding carboxylic acids is 1. The van der Waals surface area contributed by atoms with Gasteiger partial charge >= 0.3 is 0 Å². The lowest BCUT2D eigenvalue weighted by Crippen LogP contribution is -2.45. The second kappa shape index (κ2) is 9.43. The Morgan fingerprint density at radius 3 is 2.55 bits per heavy atom. The van der Waals surface area contributed by atoms with Gasteiger partial charge in [-0.3, -0.25) is 14.7 Å². The molecule has 7 nitrogen and oxygen atoms in total. The summed E-state index contributed by atoms with van der Waals surface area (Å²) >= 11 is 0. The van der Waals surface area contributed by atoms with Gasteiger partial charge in [-0.05, 0) is 18.2 Å². The molecule has 7 heteroatoms. The van der Waals surface area contributed by atoms with Gasteiger partial charge in [0.15, 0.2) is 0 Å². The number of aromatic nitrogens is 2. The van der Waals surface area contributed by atoms with Crippen LogP contribution >= 0.6 is 0 Å². The average Bonchev–Trinajstić information content (AvgIpc) is 2.80. The Bertz CT molecular complexity index is 829. The second-order valence-corrected chi connectivity index (χ2v) is 7.60. The molecular weight excluding hydrogens is 366 g/mol. The highest BCUT2D eigenvalue weighted by atomic mass is 16.5. The number of piperazine rings is 1. The van der Waals surface area contributed by atoms with E-state index in [0.717, 1.165) is 50.5 Å². The third-order valence-electron chi connectivity index (χ3n) is 5.69. The molecule has 2 aliphatic rings. The van der Waals surface area contributed by atoms with E-state index in [1.807, 2.05) is 6.07 Å². The van der Waals surface area contributed by atoms with Crippen molar-refractivity contribution in [1.82, 2.24) is 24.7 Å². The van der Waals surface area contributed by atoms with Gasteiger partial charge in [-0.1, -0.05) is 25.1 Å². The van der Waals surface area contributed by atoms with Crippen LogP contribution in [0.15, 0.2) is 36.7 Å². The largest absolute Gasteiger partial charge is 0.378 e. The summed E-state index contributed by atoms with van der Waals surface area (Å²) in [5, 5.41) is 0. The molecule has 2 aliphatic heterocycles. The minimum absolute atomic E-state index is 0.0763. The van der Waals surface area contributed by atoms with Crippen molar-refractivity contribution in [2.45, 2.75) is 13.5 Å². The Labute approximate surface area is 172 Å².